The normalized spacial score (nSPS) is 14.5. The molecule has 0 aliphatic carbocycles. The smallest absolute Gasteiger partial charge is 0.410 e. The number of rotatable bonds is 7. The molecule has 0 aliphatic heterocycles. The number of ether oxygens (including phenoxy) is 1. The van der Waals surface area contributed by atoms with Crippen molar-refractivity contribution in [2.24, 2.45) is 4.99 Å². The van der Waals surface area contributed by atoms with Crippen molar-refractivity contribution < 1.29 is 9.53 Å². The molecule has 0 aromatic carbocycles. The Morgan fingerprint density at radius 1 is 1.35 bits per heavy atom. The number of thioether (sulfide) groups is 1. The number of fused-ring (bicyclic) bond motifs is 1. The van der Waals surface area contributed by atoms with Crippen LogP contribution >= 0.6 is 24.4 Å². The Labute approximate surface area is 195 Å². The molecule has 9 heteroatoms. The molecule has 0 saturated carbocycles. The number of imidazole rings is 1. The van der Waals surface area contributed by atoms with E-state index in [9.17, 15) is 4.79 Å². The zero-order valence-corrected chi connectivity index (χ0v) is 21.5. The number of aryl methyl sites for hydroxylation is 2. The number of aliphatic imine (C=N–C) groups is 1. The van der Waals surface area contributed by atoms with Gasteiger partial charge in [-0.2, -0.15) is 17.7 Å². The van der Waals surface area contributed by atoms with E-state index in [2.05, 4.69) is 43.4 Å². The molecule has 0 fully saturated rings. The molecule has 172 valence electrons. The second-order valence-corrected chi connectivity index (χ2v) is 10.4. The van der Waals surface area contributed by atoms with Gasteiger partial charge in [0.1, 0.15) is 16.3 Å². The lowest BCUT2D eigenvalue weighted by Gasteiger charge is -2.34. The molecule has 31 heavy (non-hydrogen) atoms. The number of carbonyl (C=O) groups excluding carboxylic acids is 1. The van der Waals surface area contributed by atoms with Gasteiger partial charge < -0.3 is 9.64 Å². The van der Waals surface area contributed by atoms with Crippen molar-refractivity contribution in [2.45, 2.75) is 78.7 Å². The fourth-order valence-electron chi connectivity index (χ4n) is 3.14. The number of aromatic nitrogens is 3. The van der Waals surface area contributed by atoms with E-state index in [1.807, 2.05) is 51.8 Å². The number of nitrogens with zero attached hydrogens (tertiary/aromatic N) is 5. The Kier molecular flexibility index (Phi) is 8.83. The van der Waals surface area contributed by atoms with Crippen molar-refractivity contribution in [2.75, 3.05) is 12.4 Å². The van der Waals surface area contributed by atoms with Gasteiger partial charge in [-0.3, -0.25) is 4.99 Å². The van der Waals surface area contributed by atoms with Gasteiger partial charge >= 0.3 is 6.09 Å². The van der Waals surface area contributed by atoms with Gasteiger partial charge in [0.25, 0.3) is 0 Å². The average Bonchev–Trinajstić information content (AvgIpc) is 3.04. The molecule has 0 bridgehead atoms. The van der Waals surface area contributed by atoms with Crippen molar-refractivity contribution in [3.8, 4) is 0 Å². The highest BCUT2D eigenvalue weighted by Crippen LogP contribution is 2.26. The highest BCUT2D eigenvalue weighted by atomic mass is 32.2. The van der Waals surface area contributed by atoms with E-state index in [0.717, 1.165) is 34.1 Å². The van der Waals surface area contributed by atoms with E-state index < -0.39 is 5.60 Å². The van der Waals surface area contributed by atoms with E-state index in [1.165, 1.54) is 0 Å². The van der Waals surface area contributed by atoms with Gasteiger partial charge in [0.2, 0.25) is 0 Å². The minimum absolute atomic E-state index is 0.0507. The zero-order chi connectivity index (χ0) is 23.3. The summed E-state index contributed by atoms with van der Waals surface area (Å²) in [5.74, 6) is 0.357. The maximum atomic E-state index is 12.8. The van der Waals surface area contributed by atoms with Crippen molar-refractivity contribution in [1.29, 1.82) is 0 Å². The predicted molar refractivity (Wildman–Crippen MR) is 133 cm³/mol. The summed E-state index contributed by atoms with van der Waals surface area (Å²) in [6, 6.07) is 1.96. The van der Waals surface area contributed by atoms with Crippen LogP contribution in [0.2, 0.25) is 0 Å². The molecular formula is C22H35N5O2S2. The summed E-state index contributed by atoms with van der Waals surface area (Å²) < 4.78 is 7.44. The molecule has 2 aromatic rings. The van der Waals surface area contributed by atoms with E-state index >= 15 is 0 Å². The van der Waals surface area contributed by atoms with Gasteiger partial charge in [0, 0.05) is 17.8 Å². The van der Waals surface area contributed by atoms with Crippen LogP contribution < -0.4 is 0 Å². The molecule has 1 amide bonds. The molecule has 0 aliphatic rings. The molecule has 2 aromatic heterocycles. The van der Waals surface area contributed by atoms with Gasteiger partial charge in [-0.15, -0.1) is 0 Å². The number of carbonyl (C=O) groups is 1. The maximum absolute atomic E-state index is 12.8. The Balaban J connectivity index is 2.27. The van der Waals surface area contributed by atoms with Gasteiger partial charge in [0.15, 0.2) is 5.65 Å². The van der Waals surface area contributed by atoms with Crippen LogP contribution in [0.15, 0.2) is 17.3 Å². The van der Waals surface area contributed by atoms with Gasteiger partial charge in [-0.1, -0.05) is 25.6 Å². The second-order valence-electron chi connectivity index (χ2n) is 8.71. The number of amides is 1. The van der Waals surface area contributed by atoms with E-state index in [0.29, 0.717) is 12.4 Å². The monoisotopic (exact) mass is 465 g/mol. The van der Waals surface area contributed by atoms with Crippen molar-refractivity contribution in [3.63, 3.8) is 0 Å². The van der Waals surface area contributed by atoms with Gasteiger partial charge in [0.05, 0.1) is 17.8 Å². The Morgan fingerprint density at radius 3 is 2.61 bits per heavy atom. The van der Waals surface area contributed by atoms with E-state index in [1.54, 1.807) is 16.3 Å². The maximum Gasteiger partial charge on any atom is 0.410 e. The number of thiol groups is 1. The summed E-state index contributed by atoms with van der Waals surface area (Å²) in [5.41, 5.74) is 3.05. The van der Waals surface area contributed by atoms with Crippen LogP contribution in [0.1, 0.15) is 64.9 Å². The van der Waals surface area contributed by atoms with Crippen LogP contribution in [0.25, 0.3) is 5.65 Å². The summed E-state index contributed by atoms with van der Waals surface area (Å²) >= 11 is 5.91. The molecule has 0 spiro atoms. The summed E-state index contributed by atoms with van der Waals surface area (Å²) in [4.78, 5) is 23.7. The molecule has 2 rings (SSSR count). The SMILES string of the molecule is CCCN(C(=O)OC(C)(C)C)C(C)[C@@H](C)SC(=NCS)c1cc(C)c2nc(C)cn2n1. The topological polar surface area (TPSA) is 72.1 Å². The Morgan fingerprint density at radius 2 is 2.03 bits per heavy atom. The average molecular weight is 466 g/mol. The molecule has 2 heterocycles. The first-order chi connectivity index (χ1) is 14.5. The minimum Gasteiger partial charge on any atom is -0.444 e. The largest absolute Gasteiger partial charge is 0.444 e. The Hall–Kier alpha value is -1.74. The molecule has 0 N–H and O–H groups in total. The first-order valence-corrected chi connectivity index (χ1v) is 12.1. The third kappa shape index (κ3) is 6.87. The third-order valence-corrected chi connectivity index (χ3v) is 6.19. The van der Waals surface area contributed by atoms with Crippen LogP contribution in [-0.4, -0.2) is 59.9 Å². The van der Waals surface area contributed by atoms with Crippen molar-refractivity contribution in [1.82, 2.24) is 19.5 Å². The van der Waals surface area contributed by atoms with E-state index in [-0.39, 0.29) is 17.4 Å². The summed E-state index contributed by atoms with van der Waals surface area (Å²) in [5, 5.41) is 5.58. The highest BCUT2D eigenvalue weighted by molar-refractivity contribution is 8.15. The lowest BCUT2D eigenvalue weighted by atomic mass is 10.2. The highest BCUT2D eigenvalue weighted by Gasteiger charge is 2.30. The summed E-state index contributed by atoms with van der Waals surface area (Å²) in [6.07, 6.45) is 2.48. The number of hydrogen-bond donors (Lipinski definition) is 1. The minimum atomic E-state index is -0.530. The van der Waals surface area contributed by atoms with Crippen molar-refractivity contribution in [3.05, 3.63) is 29.2 Å². The molecular weight excluding hydrogens is 430 g/mol. The van der Waals surface area contributed by atoms with Gasteiger partial charge in [-0.05, 0) is 59.6 Å². The van der Waals surface area contributed by atoms with E-state index in [4.69, 9.17) is 9.84 Å². The summed E-state index contributed by atoms with van der Waals surface area (Å²) in [7, 11) is 0. The Bertz CT molecular complexity index is 936. The zero-order valence-electron chi connectivity index (χ0n) is 19.8. The molecule has 1 unspecified atom stereocenters. The predicted octanol–water partition coefficient (Wildman–Crippen LogP) is 5.14. The third-order valence-electron chi connectivity index (χ3n) is 4.72. The van der Waals surface area contributed by atoms with Crippen LogP contribution in [0.4, 0.5) is 4.79 Å². The fourth-order valence-corrected chi connectivity index (χ4v) is 4.44. The van der Waals surface area contributed by atoms with Crippen molar-refractivity contribution >= 4 is 41.2 Å². The molecule has 2 atom stereocenters. The van der Waals surface area contributed by atoms with Crippen LogP contribution in [0.3, 0.4) is 0 Å². The van der Waals surface area contributed by atoms with Crippen LogP contribution in [0.5, 0.6) is 0 Å². The summed E-state index contributed by atoms with van der Waals surface area (Å²) in [6.45, 7) is 16.5. The first-order valence-electron chi connectivity index (χ1n) is 10.6. The molecule has 7 nitrogen and oxygen atoms in total. The molecule has 0 saturated heterocycles. The van der Waals surface area contributed by atoms with Crippen LogP contribution in [0, 0.1) is 13.8 Å². The second kappa shape index (κ2) is 10.7. The van der Waals surface area contributed by atoms with Gasteiger partial charge in [-0.25, -0.2) is 14.3 Å². The quantitative estimate of drug-likeness (QED) is 0.348. The lowest BCUT2D eigenvalue weighted by molar-refractivity contribution is 0.0177. The lowest BCUT2D eigenvalue weighted by Crippen LogP contribution is -2.46. The molecule has 0 radical (unpaired) electrons. The first kappa shape index (κ1) is 25.5. The number of hydrogen-bond acceptors (Lipinski definition) is 7. The standard InChI is InChI=1S/C22H35N5O2S2/c1-9-10-26(21(28)29-22(6,7)8)16(4)17(5)31-20(23-13-30)18-11-14(2)19-24-15(3)12-27(19)25-18/h11-12,16-17,30H,9-10,13H2,1-8H3/t16?,17-/m1/s1. The fraction of sp³-hybridized carbons (Fsp3) is 0.636. The van der Waals surface area contributed by atoms with Crippen LogP contribution in [-0.2, 0) is 4.74 Å².